The molecule has 3 rings (SSSR count). The molecule has 0 unspecified atom stereocenters. The van der Waals surface area contributed by atoms with Gasteiger partial charge in [0.2, 0.25) is 5.91 Å². The fourth-order valence-electron chi connectivity index (χ4n) is 3.50. The molecule has 1 aliphatic rings. The monoisotopic (exact) mass is 345 g/mol. The van der Waals surface area contributed by atoms with Crippen molar-refractivity contribution in [2.75, 3.05) is 5.32 Å². The van der Waals surface area contributed by atoms with Crippen molar-refractivity contribution in [2.45, 2.75) is 25.5 Å². The van der Waals surface area contributed by atoms with Gasteiger partial charge in [0.05, 0.1) is 11.3 Å². The van der Waals surface area contributed by atoms with Gasteiger partial charge in [0.25, 0.3) is 12.6 Å². The Hall–Kier alpha value is -3.07. The molecule has 0 aromatic heterocycles. The van der Waals surface area contributed by atoms with Gasteiger partial charge >= 0.3 is 0 Å². The molecule has 5 nitrogen and oxygen atoms in total. The van der Waals surface area contributed by atoms with E-state index in [1.54, 1.807) is 12.1 Å². The normalized spacial score (nSPS) is 14.5. The first-order valence-corrected chi connectivity index (χ1v) is 8.79. The molecule has 2 aromatic carbocycles. The van der Waals surface area contributed by atoms with Gasteiger partial charge in [0, 0.05) is 11.9 Å². The van der Waals surface area contributed by atoms with Crippen molar-refractivity contribution in [3.63, 3.8) is 0 Å². The van der Waals surface area contributed by atoms with Gasteiger partial charge < -0.3 is 11.1 Å². The third-order valence-corrected chi connectivity index (χ3v) is 4.93. The largest absolute Gasteiger partial charge is 0.366 e. The predicted molar refractivity (Wildman–Crippen MR) is 103 cm³/mol. The first-order valence-electron chi connectivity index (χ1n) is 8.79. The summed E-state index contributed by atoms with van der Waals surface area (Å²) in [5.74, 6) is 1.44. The van der Waals surface area contributed by atoms with Crippen LogP contribution in [0.1, 0.15) is 23.2 Å². The molecule has 1 saturated heterocycles. The third-order valence-electron chi connectivity index (χ3n) is 4.93. The number of nitrogens with two attached hydrogens (primary N) is 1. The average Bonchev–Trinajstić information content (AvgIpc) is 2.68. The van der Waals surface area contributed by atoms with Crippen LogP contribution in [0.4, 0.5) is 5.69 Å². The number of hydrogen-bond donors (Lipinski definition) is 2. The van der Waals surface area contributed by atoms with Crippen LogP contribution in [0.15, 0.2) is 48.5 Å². The van der Waals surface area contributed by atoms with Gasteiger partial charge in [-0.25, -0.2) is 5.26 Å². The van der Waals surface area contributed by atoms with Crippen LogP contribution in [0.25, 0.3) is 11.1 Å². The molecule has 0 atom stereocenters. The van der Waals surface area contributed by atoms with Crippen molar-refractivity contribution in [1.82, 2.24) is 0 Å². The number of carbonyl (C=O) groups is 2. The van der Waals surface area contributed by atoms with E-state index < -0.39 is 5.91 Å². The van der Waals surface area contributed by atoms with E-state index >= 15 is 0 Å². The molecule has 2 amide bonds. The average molecular weight is 345 g/mol. The molecular formula is C20H20BN3O2. The lowest BCUT2D eigenvalue weighted by Gasteiger charge is -2.23. The minimum atomic E-state index is -0.576. The minimum absolute atomic E-state index is 0.0432. The molecule has 0 bridgehead atoms. The van der Waals surface area contributed by atoms with Crippen LogP contribution >= 0.6 is 0 Å². The number of nitriles is 1. The van der Waals surface area contributed by atoms with Gasteiger partial charge in [-0.2, -0.15) is 0 Å². The third kappa shape index (κ3) is 3.78. The van der Waals surface area contributed by atoms with Crippen LogP contribution in [0.5, 0.6) is 0 Å². The van der Waals surface area contributed by atoms with Gasteiger partial charge in [-0.1, -0.05) is 55.1 Å². The molecular weight excluding hydrogens is 325 g/mol. The molecule has 6 heteroatoms. The molecule has 2 aromatic rings. The highest BCUT2D eigenvalue weighted by Gasteiger charge is 2.29. The Morgan fingerprint density at radius 2 is 1.77 bits per heavy atom. The number of primary amides is 1. The molecule has 3 N–H and O–H groups in total. The number of carbonyl (C=O) groups excluding carboxylic acids is 2. The molecule has 0 radical (unpaired) electrons. The van der Waals surface area contributed by atoms with E-state index in [0.29, 0.717) is 29.7 Å². The van der Waals surface area contributed by atoms with Crippen LogP contribution in [-0.2, 0) is 4.79 Å². The molecule has 1 heterocycles. The highest BCUT2D eigenvalue weighted by atomic mass is 16.2. The molecule has 26 heavy (non-hydrogen) atoms. The predicted octanol–water partition coefficient (Wildman–Crippen LogP) is 3.36. The van der Waals surface area contributed by atoms with Gasteiger partial charge in [-0.05, 0) is 30.0 Å². The first-order chi connectivity index (χ1) is 12.6. The maximum absolute atomic E-state index is 12.6. The zero-order chi connectivity index (χ0) is 18.5. The lowest BCUT2D eigenvalue weighted by Crippen LogP contribution is -2.30. The zero-order valence-corrected chi connectivity index (χ0v) is 14.4. The standard InChI is InChI=1S/C20H20BN3O2/c22-13-21-11-9-15(10-12-21)20(26)24-17-8-4-7-16(18(17)19(23)25)14-5-2-1-3-6-14/h1-8,15H,9-12H2,(H2,23,25)(H,24,26). The summed E-state index contributed by atoms with van der Waals surface area (Å²) in [5.41, 5.74) is 7.94. The Kier molecular flexibility index (Phi) is 5.38. The zero-order valence-electron chi connectivity index (χ0n) is 14.4. The fourth-order valence-corrected chi connectivity index (χ4v) is 3.50. The number of benzene rings is 2. The number of hydrogen-bond acceptors (Lipinski definition) is 3. The van der Waals surface area contributed by atoms with E-state index in [-0.39, 0.29) is 18.5 Å². The Balaban J connectivity index is 1.85. The van der Waals surface area contributed by atoms with Crippen molar-refractivity contribution in [2.24, 2.45) is 11.7 Å². The van der Waals surface area contributed by atoms with Gasteiger partial charge in [-0.15, -0.1) is 0 Å². The van der Waals surface area contributed by atoms with Crippen molar-refractivity contribution < 1.29 is 9.59 Å². The Morgan fingerprint density at radius 1 is 1.08 bits per heavy atom. The summed E-state index contributed by atoms with van der Waals surface area (Å²) in [6, 6.07) is 14.8. The number of rotatable bonds is 4. The number of nitrogens with one attached hydrogen (secondary N) is 1. The molecule has 0 saturated carbocycles. The van der Waals surface area contributed by atoms with Crippen LogP contribution < -0.4 is 11.1 Å². The van der Waals surface area contributed by atoms with Gasteiger partial charge in [-0.3, -0.25) is 9.59 Å². The second-order valence-electron chi connectivity index (χ2n) is 6.63. The van der Waals surface area contributed by atoms with E-state index in [9.17, 15) is 9.59 Å². The van der Waals surface area contributed by atoms with Crippen molar-refractivity contribution >= 4 is 24.2 Å². The topological polar surface area (TPSA) is 96.0 Å². The van der Waals surface area contributed by atoms with Crippen molar-refractivity contribution in [3.05, 3.63) is 54.1 Å². The van der Waals surface area contributed by atoms with E-state index in [0.717, 1.165) is 18.2 Å². The second kappa shape index (κ2) is 7.88. The van der Waals surface area contributed by atoms with E-state index in [2.05, 4.69) is 11.3 Å². The summed E-state index contributed by atoms with van der Waals surface area (Å²) in [5, 5.41) is 11.9. The fraction of sp³-hybridized carbons (Fsp3) is 0.250. The molecule has 130 valence electrons. The summed E-state index contributed by atoms with van der Waals surface area (Å²) in [4.78, 5) is 24.7. The Morgan fingerprint density at radius 3 is 2.38 bits per heavy atom. The van der Waals surface area contributed by atoms with Crippen molar-refractivity contribution in [1.29, 1.82) is 5.26 Å². The summed E-state index contributed by atoms with van der Waals surface area (Å²) in [7, 11) is 0. The van der Waals surface area contributed by atoms with E-state index in [1.807, 2.05) is 36.4 Å². The summed E-state index contributed by atoms with van der Waals surface area (Å²) >= 11 is 0. The summed E-state index contributed by atoms with van der Waals surface area (Å²) in [6.07, 6.45) is 2.85. The van der Waals surface area contributed by atoms with E-state index in [4.69, 9.17) is 11.0 Å². The van der Waals surface area contributed by atoms with Crippen LogP contribution in [0.2, 0.25) is 12.6 Å². The Bertz CT molecular complexity index is 853. The van der Waals surface area contributed by atoms with Gasteiger partial charge in [0.1, 0.15) is 0 Å². The maximum Gasteiger partial charge on any atom is 0.267 e. The van der Waals surface area contributed by atoms with Gasteiger partial charge in [0.15, 0.2) is 0 Å². The molecule has 0 spiro atoms. The molecule has 1 aliphatic heterocycles. The number of anilines is 1. The molecule has 1 fully saturated rings. The maximum atomic E-state index is 12.6. The van der Waals surface area contributed by atoms with E-state index in [1.165, 1.54) is 0 Å². The first kappa shape index (κ1) is 17.7. The van der Waals surface area contributed by atoms with Crippen LogP contribution in [0, 0.1) is 17.1 Å². The molecule has 0 aliphatic carbocycles. The van der Waals surface area contributed by atoms with Crippen LogP contribution in [0.3, 0.4) is 0 Å². The number of amides is 2. The number of nitrogens with zero attached hydrogens (tertiary/aromatic N) is 1. The van der Waals surface area contributed by atoms with Crippen molar-refractivity contribution in [3.8, 4) is 17.1 Å². The SMILES string of the molecule is N#CB1CCC(C(=O)Nc2cccc(-c3ccccc3)c2C(N)=O)CC1. The summed E-state index contributed by atoms with van der Waals surface area (Å²) < 4.78 is 0. The highest BCUT2D eigenvalue weighted by molar-refractivity contribution is 6.67. The Labute approximate surface area is 153 Å². The lowest BCUT2D eigenvalue weighted by atomic mass is 9.42. The summed E-state index contributed by atoms with van der Waals surface area (Å²) in [6.45, 7) is 0.0432. The smallest absolute Gasteiger partial charge is 0.267 e. The highest BCUT2D eigenvalue weighted by Crippen LogP contribution is 2.31. The second-order valence-corrected chi connectivity index (χ2v) is 6.63. The van der Waals surface area contributed by atoms with Crippen LogP contribution in [-0.4, -0.2) is 18.5 Å². The minimum Gasteiger partial charge on any atom is -0.366 e. The lowest BCUT2D eigenvalue weighted by molar-refractivity contribution is -0.120. The quantitative estimate of drug-likeness (QED) is 0.832.